The van der Waals surface area contributed by atoms with Gasteiger partial charge in [0.2, 0.25) is 0 Å². The Bertz CT molecular complexity index is 676. The fourth-order valence-corrected chi connectivity index (χ4v) is 2.19. The molecule has 0 aliphatic rings. The second-order valence-corrected chi connectivity index (χ2v) is 6.47. The fraction of sp³-hybridized carbons (Fsp3) is 0.316. The van der Waals surface area contributed by atoms with Crippen molar-refractivity contribution in [2.24, 2.45) is 0 Å². The molecule has 0 aliphatic heterocycles. The Labute approximate surface area is 142 Å². The second-order valence-electron chi connectivity index (χ2n) is 6.47. The summed E-state index contributed by atoms with van der Waals surface area (Å²) < 4.78 is 5.74. The lowest BCUT2D eigenvalue weighted by molar-refractivity contribution is 0.131. The molecule has 0 heterocycles. The molecule has 0 atom stereocenters. The summed E-state index contributed by atoms with van der Waals surface area (Å²) in [7, 11) is 0. The summed E-state index contributed by atoms with van der Waals surface area (Å²) in [6.07, 6.45) is 0. The Hall–Kier alpha value is -2.53. The average Bonchev–Trinajstić information content (AvgIpc) is 2.53. The lowest BCUT2D eigenvalue weighted by atomic mass is 10.1. The summed E-state index contributed by atoms with van der Waals surface area (Å²) in [5.41, 5.74) is 2.13. The van der Waals surface area contributed by atoms with Gasteiger partial charge in [-0.3, -0.25) is 0 Å². The van der Waals surface area contributed by atoms with Gasteiger partial charge < -0.3 is 20.5 Å². The zero-order chi connectivity index (χ0) is 17.6. The number of aliphatic hydroxyl groups excluding tert-OH is 1. The first-order chi connectivity index (χ1) is 11.4. The lowest BCUT2D eigenvalue weighted by Crippen LogP contribution is -2.28. The number of ether oxygens (including phenoxy) is 1. The van der Waals surface area contributed by atoms with E-state index in [1.54, 1.807) is 12.1 Å². The summed E-state index contributed by atoms with van der Waals surface area (Å²) in [6, 6.07) is 14.4. The molecule has 0 spiro atoms. The van der Waals surface area contributed by atoms with Gasteiger partial charge in [-0.15, -0.1) is 0 Å². The van der Waals surface area contributed by atoms with Crippen LogP contribution in [0.4, 0.5) is 10.5 Å². The highest BCUT2D eigenvalue weighted by atomic mass is 16.5. The summed E-state index contributed by atoms with van der Waals surface area (Å²) in [4.78, 5) is 12.0. The molecule has 5 nitrogen and oxygen atoms in total. The van der Waals surface area contributed by atoms with Crippen molar-refractivity contribution in [1.29, 1.82) is 0 Å². The molecule has 2 aromatic carbocycles. The molecule has 0 unspecified atom stereocenters. The minimum atomic E-state index is -0.299. The molecule has 24 heavy (non-hydrogen) atoms. The minimum absolute atomic E-state index is 0.0469. The zero-order valence-corrected chi connectivity index (χ0v) is 14.3. The summed E-state index contributed by atoms with van der Waals surface area (Å²) in [5.74, 6) is 0.755. The monoisotopic (exact) mass is 328 g/mol. The molecule has 0 aromatic heterocycles. The van der Waals surface area contributed by atoms with Crippen LogP contribution in [0.5, 0.6) is 5.75 Å². The van der Waals surface area contributed by atoms with Crippen molar-refractivity contribution in [2.45, 2.75) is 39.5 Å². The van der Waals surface area contributed by atoms with Gasteiger partial charge in [-0.25, -0.2) is 4.79 Å². The number of amides is 2. The van der Waals surface area contributed by atoms with Crippen molar-refractivity contribution in [3.8, 4) is 5.75 Å². The van der Waals surface area contributed by atoms with E-state index in [0.717, 1.165) is 16.9 Å². The number of rotatable bonds is 5. The fourth-order valence-electron chi connectivity index (χ4n) is 2.19. The van der Waals surface area contributed by atoms with Crippen LogP contribution < -0.4 is 15.4 Å². The van der Waals surface area contributed by atoms with Gasteiger partial charge in [0.05, 0.1) is 6.61 Å². The summed E-state index contributed by atoms with van der Waals surface area (Å²) >= 11 is 0. The highest BCUT2D eigenvalue weighted by Crippen LogP contribution is 2.20. The molecule has 0 saturated heterocycles. The Kier molecular flexibility index (Phi) is 5.82. The van der Waals surface area contributed by atoms with E-state index in [-0.39, 0.29) is 18.2 Å². The van der Waals surface area contributed by atoms with Crippen LogP contribution in [0.15, 0.2) is 48.5 Å². The molecule has 0 bridgehead atoms. The molecule has 0 fully saturated rings. The number of nitrogens with one attached hydrogen (secondary N) is 2. The van der Waals surface area contributed by atoms with E-state index >= 15 is 0 Å². The van der Waals surface area contributed by atoms with E-state index in [9.17, 15) is 9.90 Å². The molecule has 128 valence electrons. The molecule has 2 aromatic rings. The van der Waals surface area contributed by atoms with Gasteiger partial charge in [-0.05, 0) is 56.2 Å². The van der Waals surface area contributed by atoms with Crippen molar-refractivity contribution in [2.75, 3.05) is 5.32 Å². The minimum Gasteiger partial charge on any atom is -0.488 e. The molecule has 0 saturated carbocycles. The van der Waals surface area contributed by atoms with E-state index in [4.69, 9.17) is 4.74 Å². The summed E-state index contributed by atoms with van der Waals surface area (Å²) in [6.45, 7) is 6.26. The summed E-state index contributed by atoms with van der Waals surface area (Å²) in [5, 5.41) is 14.8. The predicted molar refractivity (Wildman–Crippen MR) is 95.0 cm³/mol. The average molecular weight is 328 g/mol. The van der Waals surface area contributed by atoms with Gasteiger partial charge in [0.25, 0.3) is 0 Å². The molecule has 2 rings (SSSR count). The van der Waals surface area contributed by atoms with Crippen molar-refractivity contribution < 1.29 is 14.6 Å². The zero-order valence-electron chi connectivity index (χ0n) is 14.3. The van der Waals surface area contributed by atoms with Crippen molar-refractivity contribution >= 4 is 11.7 Å². The molecule has 0 aliphatic carbocycles. The van der Waals surface area contributed by atoms with E-state index < -0.39 is 0 Å². The van der Waals surface area contributed by atoms with Crippen LogP contribution in [0.3, 0.4) is 0 Å². The highest BCUT2D eigenvalue weighted by molar-refractivity contribution is 5.89. The maximum Gasteiger partial charge on any atom is 0.319 e. The van der Waals surface area contributed by atoms with Gasteiger partial charge in [-0.2, -0.15) is 0 Å². The van der Waals surface area contributed by atoms with Crippen molar-refractivity contribution in [3.05, 3.63) is 59.7 Å². The largest absolute Gasteiger partial charge is 0.488 e. The Morgan fingerprint density at radius 3 is 2.25 bits per heavy atom. The predicted octanol–water partition coefficient (Wildman–Crippen LogP) is 3.68. The maximum atomic E-state index is 12.0. The third-order valence-electron chi connectivity index (χ3n) is 3.26. The van der Waals surface area contributed by atoms with E-state index in [2.05, 4.69) is 10.6 Å². The third kappa shape index (κ3) is 5.59. The second kappa shape index (κ2) is 7.84. The Morgan fingerprint density at radius 1 is 1.04 bits per heavy atom. The van der Waals surface area contributed by atoms with Gasteiger partial charge >= 0.3 is 6.03 Å². The third-order valence-corrected chi connectivity index (χ3v) is 3.26. The number of carbonyl (C=O) groups is 1. The molecule has 0 radical (unpaired) electrons. The molecule has 2 amide bonds. The molecular weight excluding hydrogens is 304 g/mol. The first-order valence-electron chi connectivity index (χ1n) is 7.89. The van der Waals surface area contributed by atoms with Crippen LogP contribution in [-0.2, 0) is 13.2 Å². The normalized spacial score (nSPS) is 11.0. The van der Waals surface area contributed by atoms with Gasteiger partial charge in [0.1, 0.15) is 11.4 Å². The number of carbonyl (C=O) groups excluding carboxylic acids is 1. The molecule has 5 heteroatoms. The first kappa shape index (κ1) is 17.8. The first-order valence-corrected chi connectivity index (χ1v) is 7.89. The maximum absolute atomic E-state index is 12.0. The van der Waals surface area contributed by atoms with E-state index in [1.807, 2.05) is 57.2 Å². The quantitative estimate of drug-likeness (QED) is 0.784. The van der Waals surface area contributed by atoms with E-state index in [1.165, 1.54) is 0 Å². The van der Waals surface area contributed by atoms with Gasteiger partial charge in [0, 0.05) is 12.2 Å². The topological polar surface area (TPSA) is 70.6 Å². The number of urea groups is 1. The van der Waals surface area contributed by atoms with Crippen molar-refractivity contribution in [3.63, 3.8) is 0 Å². The standard InChI is InChI=1S/C19H24N2O3/c1-19(2,3)24-17-10-8-16(9-11-17)21-18(23)20-12-14-6-4-5-7-15(14)13-22/h4-11,22H,12-13H2,1-3H3,(H2,20,21,23). The van der Waals surface area contributed by atoms with Crippen LogP contribution in [0, 0.1) is 0 Å². The number of hydrogen-bond acceptors (Lipinski definition) is 3. The molecule has 3 N–H and O–H groups in total. The van der Waals surface area contributed by atoms with Crippen LogP contribution in [-0.4, -0.2) is 16.7 Å². The van der Waals surface area contributed by atoms with Gasteiger partial charge in [0.15, 0.2) is 0 Å². The Balaban J connectivity index is 1.88. The number of anilines is 1. The van der Waals surface area contributed by atoms with Gasteiger partial charge in [-0.1, -0.05) is 24.3 Å². The van der Waals surface area contributed by atoms with Crippen LogP contribution in [0.2, 0.25) is 0 Å². The van der Waals surface area contributed by atoms with Crippen molar-refractivity contribution in [1.82, 2.24) is 5.32 Å². The highest BCUT2D eigenvalue weighted by Gasteiger charge is 2.11. The lowest BCUT2D eigenvalue weighted by Gasteiger charge is -2.21. The number of aliphatic hydroxyl groups is 1. The van der Waals surface area contributed by atoms with Crippen LogP contribution >= 0.6 is 0 Å². The number of benzene rings is 2. The molecular formula is C19H24N2O3. The van der Waals surface area contributed by atoms with Crippen LogP contribution in [0.25, 0.3) is 0 Å². The smallest absolute Gasteiger partial charge is 0.319 e. The number of hydrogen-bond donors (Lipinski definition) is 3. The SMILES string of the molecule is CC(C)(C)Oc1ccc(NC(=O)NCc2ccccc2CO)cc1. The van der Waals surface area contributed by atoms with Crippen LogP contribution in [0.1, 0.15) is 31.9 Å². The Morgan fingerprint density at radius 2 is 1.67 bits per heavy atom. The van der Waals surface area contributed by atoms with E-state index in [0.29, 0.717) is 12.2 Å².